The van der Waals surface area contributed by atoms with Crippen LogP contribution in [0.25, 0.3) is 0 Å². The maximum atomic E-state index is 12.5. The number of piperazine rings is 1. The molecule has 2 aromatic rings. The molecule has 1 atom stereocenters. The van der Waals surface area contributed by atoms with E-state index >= 15 is 0 Å². The minimum atomic E-state index is -0.143. The summed E-state index contributed by atoms with van der Waals surface area (Å²) in [5.74, 6) is -0.0224. The number of amides is 2. The Balaban J connectivity index is 1.41. The number of anilines is 1. The van der Waals surface area contributed by atoms with Crippen LogP contribution in [0.15, 0.2) is 42.5 Å². The third-order valence-corrected chi connectivity index (χ3v) is 6.04. The molecule has 0 aromatic heterocycles. The molecule has 0 spiro atoms. The zero-order valence-electron chi connectivity index (χ0n) is 18.5. The second-order valence-electron chi connectivity index (χ2n) is 8.18. The largest absolute Gasteiger partial charge is 0.348 e. The minimum absolute atomic E-state index is 0.00263. The first-order valence-electron chi connectivity index (χ1n) is 10.7. The van der Waals surface area contributed by atoms with Gasteiger partial charge in [-0.3, -0.25) is 19.4 Å². The Morgan fingerprint density at radius 2 is 1.45 bits per heavy atom. The lowest BCUT2D eigenvalue weighted by Crippen LogP contribution is -2.51. The van der Waals surface area contributed by atoms with Crippen LogP contribution in [0.1, 0.15) is 29.7 Å². The summed E-state index contributed by atoms with van der Waals surface area (Å²) >= 11 is 6.22. The Kier molecular flexibility index (Phi) is 8.07. The van der Waals surface area contributed by atoms with Gasteiger partial charge in [-0.25, -0.2) is 0 Å². The maximum absolute atomic E-state index is 12.5. The molecule has 0 bridgehead atoms. The van der Waals surface area contributed by atoms with Crippen LogP contribution in [0.2, 0.25) is 5.02 Å². The van der Waals surface area contributed by atoms with E-state index in [1.54, 1.807) is 0 Å². The number of benzene rings is 2. The summed E-state index contributed by atoms with van der Waals surface area (Å²) in [5, 5.41) is 6.72. The standard InChI is InChI=1S/C24H31ClN4O2/c1-17-7-6-8-18(2)24(17)27-23(31)16-29-13-11-28(12-14-29)15-22(30)26-19(3)20-9-4-5-10-21(20)25/h4-10,19H,11-16H2,1-3H3,(H,26,30)(H,27,31)/t19-/m0/s1. The van der Waals surface area contributed by atoms with Crippen LogP contribution < -0.4 is 10.6 Å². The lowest BCUT2D eigenvalue weighted by Gasteiger charge is -2.34. The van der Waals surface area contributed by atoms with Crippen molar-refractivity contribution in [2.24, 2.45) is 0 Å². The summed E-state index contributed by atoms with van der Waals surface area (Å²) in [6, 6.07) is 13.4. The van der Waals surface area contributed by atoms with Crippen molar-refractivity contribution in [3.8, 4) is 0 Å². The van der Waals surface area contributed by atoms with Crippen molar-refractivity contribution in [1.29, 1.82) is 0 Å². The predicted molar refractivity (Wildman–Crippen MR) is 125 cm³/mol. The van der Waals surface area contributed by atoms with Gasteiger partial charge in [-0.2, -0.15) is 0 Å². The average Bonchev–Trinajstić information content (AvgIpc) is 2.72. The van der Waals surface area contributed by atoms with Crippen LogP contribution in [0.5, 0.6) is 0 Å². The molecule has 2 aromatic carbocycles. The van der Waals surface area contributed by atoms with Crippen LogP contribution in [0, 0.1) is 13.8 Å². The van der Waals surface area contributed by atoms with E-state index in [0.717, 1.165) is 48.6 Å². The van der Waals surface area contributed by atoms with Gasteiger partial charge in [0, 0.05) is 36.9 Å². The highest BCUT2D eigenvalue weighted by Crippen LogP contribution is 2.22. The summed E-state index contributed by atoms with van der Waals surface area (Å²) in [7, 11) is 0. The Bertz CT molecular complexity index is 905. The van der Waals surface area contributed by atoms with Crippen LogP contribution >= 0.6 is 11.6 Å². The van der Waals surface area contributed by atoms with E-state index in [1.807, 2.05) is 63.2 Å². The van der Waals surface area contributed by atoms with Crippen LogP contribution in [0.3, 0.4) is 0 Å². The van der Waals surface area contributed by atoms with Gasteiger partial charge in [-0.1, -0.05) is 48.0 Å². The molecule has 1 aliphatic rings. The monoisotopic (exact) mass is 442 g/mol. The number of carbonyl (C=O) groups excluding carboxylic acids is 2. The molecular weight excluding hydrogens is 412 g/mol. The number of carbonyl (C=O) groups is 2. The molecule has 1 fully saturated rings. The molecule has 1 saturated heterocycles. The SMILES string of the molecule is Cc1cccc(C)c1NC(=O)CN1CCN(CC(=O)N[C@@H](C)c2ccccc2Cl)CC1. The Labute approximate surface area is 189 Å². The second kappa shape index (κ2) is 10.8. The van der Waals surface area contributed by atoms with E-state index in [9.17, 15) is 9.59 Å². The van der Waals surface area contributed by atoms with E-state index < -0.39 is 0 Å². The van der Waals surface area contributed by atoms with Gasteiger partial charge in [0.15, 0.2) is 0 Å². The predicted octanol–water partition coefficient (Wildman–Crippen LogP) is 3.39. The van der Waals surface area contributed by atoms with Gasteiger partial charge in [0.05, 0.1) is 19.1 Å². The van der Waals surface area contributed by atoms with Gasteiger partial charge in [0.2, 0.25) is 11.8 Å². The Morgan fingerprint density at radius 3 is 2.03 bits per heavy atom. The summed E-state index contributed by atoms with van der Waals surface area (Å²) in [6.07, 6.45) is 0. The third-order valence-electron chi connectivity index (χ3n) is 5.69. The van der Waals surface area contributed by atoms with Gasteiger partial charge in [0.1, 0.15) is 0 Å². The summed E-state index contributed by atoms with van der Waals surface area (Å²) in [5.41, 5.74) is 3.94. The van der Waals surface area contributed by atoms with Gasteiger partial charge < -0.3 is 10.6 Å². The Hall–Kier alpha value is -2.41. The smallest absolute Gasteiger partial charge is 0.238 e. The van der Waals surface area contributed by atoms with Crippen molar-refractivity contribution in [2.75, 3.05) is 44.6 Å². The molecule has 3 rings (SSSR count). The number of nitrogens with one attached hydrogen (secondary N) is 2. The van der Waals surface area contributed by atoms with E-state index in [2.05, 4.69) is 20.4 Å². The van der Waals surface area contributed by atoms with Gasteiger partial charge >= 0.3 is 0 Å². The highest BCUT2D eigenvalue weighted by atomic mass is 35.5. The number of para-hydroxylation sites is 1. The summed E-state index contributed by atoms with van der Waals surface area (Å²) in [6.45, 7) is 9.66. The lowest BCUT2D eigenvalue weighted by atomic mass is 10.1. The second-order valence-corrected chi connectivity index (χ2v) is 8.59. The molecule has 2 N–H and O–H groups in total. The highest BCUT2D eigenvalue weighted by molar-refractivity contribution is 6.31. The first-order chi connectivity index (χ1) is 14.8. The van der Waals surface area contributed by atoms with Gasteiger partial charge in [-0.05, 0) is 43.5 Å². The number of nitrogens with zero attached hydrogens (tertiary/aromatic N) is 2. The number of halogens is 1. The molecular formula is C24H31ClN4O2. The lowest BCUT2D eigenvalue weighted by molar-refractivity contribution is -0.124. The average molecular weight is 443 g/mol. The molecule has 31 heavy (non-hydrogen) atoms. The molecule has 1 aliphatic heterocycles. The Morgan fingerprint density at radius 1 is 0.903 bits per heavy atom. The molecule has 0 aliphatic carbocycles. The number of aryl methyl sites for hydroxylation is 2. The summed E-state index contributed by atoms with van der Waals surface area (Å²) in [4.78, 5) is 29.2. The number of hydrogen-bond donors (Lipinski definition) is 2. The maximum Gasteiger partial charge on any atom is 0.238 e. The van der Waals surface area contributed by atoms with Crippen LogP contribution in [0.4, 0.5) is 5.69 Å². The normalized spacial score (nSPS) is 16.0. The minimum Gasteiger partial charge on any atom is -0.348 e. The first-order valence-corrected chi connectivity index (χ1v) is 11.1. The van der Waals surface area contributed by atoms with Crippen molar-refractivity contribution < 1.29 is 9.59 Å². The molecule has 166 valence electrons. The van der Waals surface area contributed by atoms with E-state index in [0.29, 0.717) is 18.1 Å². The third kappa shape index (κ3) is 6.53. The zero-order valence-corrected chi connectivity index (χ0v) is 19.2. The van der Waals surface area contributed by atoms with Crippen molar-refractivity contribution in [3.05, 3.63) is 64.2 Å². The van der Waals surface area contributed by atoms with Crippen molar-refractivity contribution >= 4 is 29.1 Å². The highest BCUT2D eigenvalue weighted by Gasteiger charge is 2.22. The first kappa shape index (κ1) is 23.3. The van der Waals surface area contributed by atoms with Gasteiger partial charge in [0.25, 0.3) is 0 Å². The molecule has 2 amide bonds. The summed E-state index contributed by atoms with van der Waals surface area (Å²) < 4.78 is 0. The molecule has 6 nitrogen and oxygen atoms in total. The molecule has 7 heteroatoms. The van der Waals surface area contributed by atoms with E-state index in [-0.39, 0.29) is 17.9 Å². The molecule has 0 radical (unpaired) electrons. The fourth-order valence-electron chi connectivity index (χ4n) is 3.89. The van der Waals surface area contributed by atoms with Crippen LogP contribution in [-0.2, 0) is 9.59 Å². The van der Waals surface area contributed by atoms with E-state index in [1.165, 1.54) is 0 Å². The number of hydrogen-bond acceptors (Lipinski definition) is 4. The van der Waals surface area contributed by atoms with Crippen molar-refractivity contribution in [2.45, 2.75) is 26.8 Å². The molecule has 1 heterocycles. The fourth-order valence-corrected chi connectivity index (χ4v) is 4.19. The topological polar surface area (TPSA) is 64.7 Å². The number of rotatable bonds is 7. The van der Waals surface area contributed by atoms with Gasteiger partial charge in [-0.15, -0.1) is 0 Å². The zero-order chi connectivity index (χ0) is 22.4. The quantitative estimate of drug-likeness (QED) is 0.689. The molecule has 0 saturated carbocycles. The fraction of sp³-hybridized carbons (Fsp3) is 0.417. The van der Waals surface area contributed by atoms with E-state index in [4.69, 9.17) is 11.6 Å². The van der Waals surface area contributed by atoms with Crippen LogP contribution in [-0.4, -0.2) is 60.9 Å². The van der Waals surface area contributed by atoms with Crippen molar-refractivity contribution in [1.82, 2.24) is 15.1 Å². The molecule has 0 unspecified atom stereocenters. The van der Waals surface area contributed by atoms with Crippen molar-refractivity contribution in [3.63, 3.8) is 0 Å².